The third-order valence-electron chi connectivity index (χ3n) is 3.54. The highest BCUT2D eigenvalue weighted by atomic mass is 35.5. The Morgan fingerprint density at radius 3 is 2.45 bits per heavy atom. The van der Waals surface area contributed by atoms with E-state index in [-0.39, 0.29) is 24.4 Å². The van der Waals surface area contributed by atoms with Crippen LogP contribution in [-0.4, -0.2) is 11.9 Å². The summed E-state index contributed by atoms with van der Waals surface area (Å²) < 4.78 is 0. The van der Waals surface area contributed by atoms with Crippen LogP contribution in [0.15, 0.2) is 36.4 Å². The van der Waals surface area contributed by atoms with Gasteiger partial charge in [0.2, 0.25) is 5.91 Å². The Labute approximate surface area is 142 Å². The molecule has 0 bridgehead atoms. The fourth-order valence-corrected chi connectivity index (χ4v) is 3.46. The number of halogens is 1. The molecule has 0 aliphatic carbocycles. The van der Waals surface area contributed by atoms with Gasteiger partial charge in [-0.25, -0.2) is 0 Å². The van der Waals surface area contributed by atoms with Crippen molar-refractivity contribution in [1.82, 2.24) is 5.32 Å². The predicted molar refractivity (Wildman–Crippen MR) is 95.7 cm³/mol. The molecule has 0 saturated heterocycles. The van der Waals surface area contributed by atoms with Crippen LogP contribution in [0.3, 0.4) is 0 Å². The first-order valence-electron chi connectivity index (χ1n) is 7.14. The van der Waals surface area contributed by atoms with Crippen LogP contribution < -0.4 is 11.1 Å². The normalized spacial score (nSPS) is 13.1. The Morgan fingerprint density at radius 1 is 1.27 bits per heavy atom. The largest absolute Gasteiger partial charge is 0.348 e. The van der Waals surface area contributed by atoms with Crippen LogP contribution in [0, 0.1) is 13.8 Å². The fraction of sp³-hybridized carbons (Fsp3) is 0.353. The van der Waals surface area contributed by atoms with Gasteiger partial charge in [0.15, 0.2) is 0 Å². The maximum Gasteiger partial charge on any atom is 0.237 e. The minimum atomic E-state index is -0.519. The molecule has 0 aliphatic heterocycles. The van der Waals surface area contributed by atoms with Crippen molar-refractivity contribution in [2.45, 2.75) is 39.3 Å². The van der Waals surface area contributed by atoms with Crippen LogP contribution in [-0.2, 0) is 11.2 Å². The van der Waals surface area contributed by atoms with Gasteiger partial charge in [0.1, 0.15) is 0 Å². The van der Waals surface area contributed by atoms with E-state index in [1.54, 1.807) is 11.3 Å². The number of carbonyl (C=O) groups is 1. The van der Waals surface area contributed by atoms with Crippen molar-refractivity contribution in [3.05, 3.63) is 57.3 Å². The molecule has 0 spiro atoms. The molecule has 3 nitrogen and oxygen atoms in total. The number of rotatable bonds is 5. The van der Waals surface area contributed by atoms with Gasteiger partial charge in [-0.15, -0.1) is 23.7 Å². The number of hydrogen-bond donors (Lipinski definition) is 2. The molecule has 1 heterocycles. The molecule has 2 unspecified atom stereocenters. The molecule has 0 aliphatic rings. The second-order valence-electron chi connectivity index (χ2n) is 5.40. The zero-order chi connectivity index (χ0) is 15.4. The van der Waals surface area contributed by atoms with Crippen molar-refractivity contribution in [1.29, 1.82) is 0 Å². The quantitative estimate of drug-likeness (QED) is 0.876. The van der Waals surface area contributed by atoms with E-state index >= 15 is 0 Å². The highest BCUT2D eigenvalue weighted by Gasteiger charge is 2.18. The lowest BCUT2D eigenvalue weighted by atomic mass is 10.0. The maximum atomic E-state index is 12.2. The van der Waals surface area contributed by atoms with Crippen LogP contribution in [0.1, 0.15) is 33.8 Å². The molecule has 2 aromatic rings. The van der Waals surface area contributed by atoms with Crippen molar-refractivity contribution in [2.75, 3.05) is 0 Å². The third-order valence-corrected chi connectivity index (χ3v) is 4.52. The molecule has 5 heteroatoms. The summed E-state index contributed by atoms with van der Waals surface area (Å²) in [4.78, 5) is 14.7. The summed E-state index contributed by atoms with van der Waals surface area (Å²) in [6.07, 6.45) is 0.557. The summed E-state index contributed by atoms with van der Waals surface area (Å²) >= 11 is 1.75. The van der Waals surface area contributed by atoms with Crippen LogP contribution in [0.25, 0.3) is 0 Å². The lowest BCUT2D eigenvalue weighted by molar-refractivity contribution is -0.123. The van der Waals surface area contributed by atoms with Crippen molar-refractivity contribution in [3.63, 3.8) is 0 Å². The molecule has 1 aromatic carbocycles. The van der Waals surface area contributed by atoms with Gasteiger partial charge in [-0.2, -0.15) is 0 Å². The Kier molecular flexibility index (Phi) is 7.07. The number of amides is 1. The summed E-state index contributed by atoms with van der Waals surface area (Å²) in [5.74, 6) is -0.102. The number of carbonyl (C=O) groups excluding carboxylic acids is 1. The molecule has 0 fully saturated rings. The zero-order valence-electron chi connectivity index (χ0n) is 13.1. The topological polar surface area (TPSA) is 55.1 Å². The first-order valence-corrected chi connectivity index (χ1v) is 7.96. The molecule has 3 N–H and O–H groups in total. The highest BCUT2D eigenvalue weighted by Crippen LogP contribution is 2.26. The van der Waals surface area contributed by atoms with Gasteiger partial charge < -0.3 is 11.1 Å². The summed E-state index contributed by atoms with van der Waals surface area (Å²) in [5, 5.41) is 3.01. The van der Waals surface area contributed by atoms with Crippen molar-refractivity contribution < 1.29 is 4.79 Å². The average molecular weight is 339 g/mol. The lowest BCUT2D eigenvalue weighted by Crippen LogP contribution is -2.43. The van der Waals surface area contributed by atoms with Gasteiger partial charge in [0.25, 0.3) is 0 Å². The van der Waals surface area contributed by atoms with E-state index < -0.39 is 6.04 Å². The smallest absolute Gasteiger partial charge is 0.237 e. The SMILES string of the molecule is Cc1cc(C(C)NC(=O)C(N)Cc2ccccc2)c(C)s1.Cl. The summed E-state index contributed by atoms with van der Waals surface area (Å²) in [6, 6.07) is 11.5. The second-order valence-corrected chi connectivity index (χ2v) is 6.86. The van der Waals surface area contributed by atoms with Crippen LogP contribution >= 0.6 is 23.7 Å². The van der Waals surface area contributed by atoms with Gasteiger partial charge >= 0.3 is 0 Å². The van der Waals surface area contributed by atoms with Gasteiger partial charge in [-0.1, -0.05) is 30.3 Å². The second kappa shape index (κ2) is 8.32. The van der Waals surface area contributed by atoms with Gasteiger partial charge in [0.05, 0.1) is 12.1 Å². The summed E-state index contributed by atoms with van der Waals surface area (Å²) in [7, 11) is 0. The molecular weight excluding hydrogens is 316 g/mol. The van der Waals surface area contributed by atoms with Gasteiger partial charge in [-0.3, -0.25) is 4.79 Å². The molecule has 22 heavy (non-hydrogen) atoms. The van der Waals surface area contributed by atoms with E-state index in [2.05, 4.69) is 25.2 Å². The Hall–Kier alpha value is -1.36. The van der Waals surface area contributed by atoms with E-state index in [1.165, 1.54) is 15.3 Å². The Morgan fingerprint density at radius 2 is 1.91 bits per heavy atom. The fourth-order valence-electron chi connectivity index (χ4n) is 2.44. The molecule has 0 radical (unpaired) electrons. The van der Waals surface area contributed by atoms with Gasteiger partial charge in [0, 0.05) is 9.75 Å². The van der Waals surface area contributed by atoms with E-state index in [9.17, 15) is 4.79 Å². The zero-order valence-corrected chi connectivity index (χ0v) is 14.8. The number of benzene rings is 1. The minimum absolute atomic E-state index is 0. The van der Waals surface area contributed by atoms with E-state index in [0.29, 0.717) is 6.42 Å². The molecule has 120 valence electrons. The van der Waals surface area contributed by atoms with Crippen molar-refractivity contribution >= 4 is 29.7 Å². The lowest BCUT2D eigenvalue weighted by Gasteiger charge is -2.18. The third kappa shape index (κ3) is 4.83. The Bertz CT molecular complexity index is 612. The molecule has 2 atom stereocenters. The van der Waals surface area contributed by atoms with E-state index in [4.69, 9.17) is 5.73 Å². The van der Waals surface area contributed by atoms with E-state index in [0.717, 1.165) is 5.56 Å². The number of nitrogens with one attached hydrogen (secondary N) is 1. The standard InChI is InChI=1S/C17H22N2OS.ClH/c1-11-9-15(13(3)21-11)12(2)19-17(20)16(18)10-14-7-5-4-6-8-14;/h4-9,12,16H,10,18H2,1-3H3,(H,19,20);1H. The van der Waals surface area contributed by atoms with Crippen LogP contribution in [0.4, 0.5) is 0 Å². The highest BCUT2D eigenvalue weighted by molar-refractivity contribution is 7.12. The average Bonchev–Trinajstić information content (AvgIpc) is 2.78. The summed E-state index contributed by atoms with van der Waals surface area (Å²) in [5.41, 5.74) is 8.27. The minimum Gasteiger partial charge on any atom is -0.348 e. The van der Waals surface area contributed by atoms with Crippen molar-refractivity contribution in [2.24, 2.45) is 5.73 Å². The van der Waals surface area contributed by atoms with Crippen molar-refractivity contribution in [3.8, 4) is 0 Å². The Balaban J connectivity index is 0.00000242. The summed E-state index contributed by atoms with van der Waals surface area (Å²) in [6.45, 7) is 6.16. The molecular formula is C17H23ClN2OS. The van der Waals surface area contributed by atoms with Crippen LogP contribution in [0.2, 0.25) is 0 Å². The monoisotopic (exact) mass is 338 g/mol. The maximum absolute atomic E-state index is 12.2. The van der Waals surface area contributed by atoms with Gasteiger partial charge in [-0.05, 0) is 44.4 Å². The molecule has 0 saturated carbocycles. The molecule has 1 aromatic heterocycles. The number of hydrogen-bond acceptors (Lipinski definition) is 3. The van der Waals surface area contributed by atoms with Crippen LogP contribution in [0.5, 0.6) is 0 Å². The number of nitrogens with two attached hydrogens (primary N) is 1. The molecule has 1 amide bonds. The number of thiophene rings is 1. The number of aryl methyl sites for hydroxylation is 2. The molecule has 2 rings (SSSR count). The first-order chi connectivity index (χ1) is 9.97. The van der Waals surface area contributed by atoms with E-state index in [1.807, 2.05) is 37.3 Å². The first kappa shape index (κ1) is 18.7. The predicted octanol–water partition coefficient (Wildman–Crippen LogP) is 3.53.